The molecule has 6 rings (SSSR count). The molecule has 6 aromatic rings. The third-order valence-electron chi connectivity index (χ3n) is 6.94. The Balaban J connectivity index is 0.000000200. The van der Waals surface area contributed by atoms with Crippen LogP contribution in [-0.4, -0.2) is 81.6 Å². The molecule has 56 heavy (non-hydrogen) atoms. The van der Waals surface area contributed by atoms with Crippen molar-refractivity contribution in [2.24, 2.45) is 0 Å². The molecule has 0 saturated heterocycles. The van der Waals surface area contributed by atoms with Gasteiger partial charge in [-0.25, -0.2) is 34.3 Å². The fourth-order valence-electron chi connectivity index (χ4n) is 4.44. The highest BCUT2D eigenvalue weighted by Crippen LogP contribution is 2.33. The van der Waals surface area contributed by atoms with Crippen LogP contribution < -0.4 is 0 Å². The number of alkyl halides is 5. The van der Waals surface area contributed by atoms with Gasteiger partial charge in [-0.3, -0.25) is 8.80 Å². The molecular formula is C32H21Br2F6IN6O8S. The Labute approximate surface area is 341 Å². The fourth-order valence-corrected chi connectivity index (χ4v) is 6.03. The largest absolute Gasteiger partial charge is 0.470 e. The molecule has 0 aliphatic carbocycles. The number of halogens is 9. The van der Waals surface area contributed by atoms with Gasteiger partial charge in [0.25, 0.3) is 0 Å². The van der Waals surface area contributed by atoms with Crippen LogP contribution in [0.5, 0.6) is 0 Å². The third kappa shape index (κ3) is 9.81. The van der Waals surface area contributed by atoms with Gasteiger partial charge in [0.2, 0.25) is 0 Å². The molecule has 0 radical (unpaired) electrons. The molecule has 0 aliphatic rings. The van der Waals surface area contributed by atoms with Crippen LogP contribution in [0.25, 0.3) is 33.8 Å². The minimum atomic E-state index is -6.22. The van der Waals surface area contributed by atoms with E-state index in [1.165, 1.54) is 7.11 Å². The number of hydrogen-bond acceptors (Lipinski definition) is 12. The Hall–Kier alpha value is -4.69. The van der Waals surface area contributed by atoms with Crippen LogP contribution in [0.2, 0.25) is 0 Å². The zero-order valence-electron chi connectivity index (χ0n) is 28.2. The maximum atomic E-state index is 13.2. The van der Waals surface area contributed by atoms with Crippen molar-refractivity contribution in [3.8, 4) is 22.5 Å². The monoisotopic (exact) mass is 1050 g/mol. The number of hydrogen-bond donors (Lipinski definition) is 0. The summed E-state index contributed by atoms with van der Waals surface area (Å²) in [7, 11) is -3.24. The minimum Gasteiger partial charge on any atom is -0.464 e. The number of esters is 3. The average Bonchev–Trinajstić information content (AvgIpc) is 3.77. The highest BCUT2D eigenvalue weighted by Gasteiger charge is 2.55. The van der Waals surface area contributed by atoms with Gasteiger partial charge in [0.1, 0.15) is 20.8 Å². The van der Waals surface area contributed by atoms with E-state index in [0.29, 0.717) is 34.7 Å². The zero-order valence-corrected chi connectivity index (χ0v) is 34.3. The SMILES string of the molecule is COC(=O)C(F)(F)S(=O)(=O)F.COC(=O)c1cn2c(C(F)(F)F)cnc2c(-c2cccc(Br)c2)n1.COC(=O)c1cn2c(I)cnc2c(-c2cccc(Br)c2)n1. The summed E-state index contributed by atoms with van der Waals surface area (Å²) in [5.41, 5.74) is 1.87. The number of methoxy groups -OCH3 is 3. The van der Waals surface area contributed by atoms with E-state index in [2.05, 4.69) is 83.9 Å². The molecule has 0 spiro atoms. The summed E-state index contributed by atoms with van der Waals surface area (Å²) in [6.45, 7) is 0. The smallest absolute Gasteiger partial charge is 0.464 e. The first kappa shape index (κ1) is 44.0. The predicted molar refractivity (Wildman–Crippen MR) is 200 cm³/mol. The van der Waals surface area contributed by atoms with Gasteiger partial charge in [-0.15, -0.1) is 0 Å². The van der Waals surface area contributed by atoms with E-state index < -0.39 is 45.3 Å². The highest BCUT2D eigenvalue weighted by molar-refractivity contribution is 14.1. The second-order valence-corrected chi connectivity index (χ2v) is 14.8. The Morgan fingerprint density at radius 2 is 1.18 bits per heavy atom. The molecule has 24 heteroatoms. The first-order valence-electron chi connectivity index (χ1n) is 14.7. The molecule has 4 aromatic heterocycles. The van der Waals surface area contributed by atoms with Gasteiger partial charge >= 0.3 is 39.6 Å². The number of fused-ring (bicyclic) bond motifs is 2. The Bertz CT molecular complexity index is 2570. The number of nitrogens with zero attached hydrogens (tertiary/aromatic N) is 6. The van der Waals surface area contributed by atoms with E-state index in [1.54, 1.807) is 36.7 Å². The average molecular weight is 1050 g/mol. The zero-order chi connectivity index (χ0) is 41.7. The number of imidazole rings is 2. The van der Waals surface area contributed by atoms with Crippen molar-refractivity contribution >= 4 is 93.9 Å². The van der Waals surface area contributed by atoms with Gasteiger partial charge < -0.3 is 14.2 Å². The lowest BCUT2D eigenvalue weighted by atomic mass is 10.1. The first-order valence-corrected chi connectivity index (χ1v) is 18.8. The number of rotatable bonds is 6. The van der Waals surface area contributed by atoms with Crippen LogP contribution in [0, 0.1) is 3.70 Å². The number of ether oxygens (including phenoxy) is 3. The van der Waals surface area contributed by atoms with Crippen molar-refractivity contribution in [1.82, 2.24) is 28.7 Å². The van der Waals surface area contributed by atoms with Crippen LogP contribution in [-0.2, 0) is 35.4 Å². The van der Waals surface area contributed by atoms with Gasteiger partial charge in [0, 0.05) is 32.5 Å². The van der Waals surface area contributed by atoms with Gasteiger partial charge in [-0.05, 0) is 46.9 Å². The Kier molecular flexibility index (Phi) is 13.9. The van der Waals surface area contributed by atoms with Crippen molar-refractivity contribution in [1.29, 1.82) is 0 Å². The number of carbonyl (C=O) groups is 3. The molecule has 0 saturated carbocycles. The Morgan fingerprint density at radius 3 is 1.57 bits per heavy atom. The molecule has 4 heterocycles. The molecule has 0 atom stereocenters. The maximum absolute atomic E-state index is 13.2. The van der Waals surface area contributed by atoms with E-state index in [0.717, 1.165) is 31.4 Å². The second kappa shape index (κ2) is 17.6. The van der Waals surface area contributed by atoms with E-state index in [-0.39, 0.29) is 22.7 Å². The van der Waals surface area contributed by atoms with Crippen molar-refractivity contribution in [3.63, 3.8) is 0 Å². The molecule has 14 nitrogen and oxygen atoms in total. The van der Waals surface area contributed by atoms with Crippen molar-refractivity contribution in [2.75, 3.05) is 21.3 Å². The minimum absolute atomic E-state index is 0.00641. The quantitative estimate of drug-likeness (QED) is 0.0528. The highest BCUT2D eigenvalue weighted by atomic mass is 127. The molecule has 0 N–H and O–H groups in total. The van der Waals surface area contributed by atoms with E-state index >= 15 is 0 Å². The molecule has 0 unspecified atom stereocenters. The van der Waals surface area contributed by atoms with Gasteiger partial charge in [0.15, 0.2) is 22.7 Å². The molecule has 0 amide bonds. The van der Waals surface area contributed by atoms with Crippen LogP contribution >= 0.6 is 54.5 Å². The van der Waals surface area contributed by atoms with Gasteiger partial charge in [-0.1, -0.05) is 60.0 Å². The number of carbonyl (C=O) groups excluding carboxylic acids is 3. The maximum Gasteiger partial charge on any atom is 0.470 e. The second-order valence-electron chi connectivity index (χ2n) is 10.5. The summed E-state index contributed by atoms with van der Waals surface area (Å²) in [5.74, 6) is -3.76. The van der Waals surface area contributed by atoms with E-state index in [1.807, 2.05) is 28.7 Å². The van der Waals surface area contributed by atoms with E-state index in [4.69, 9.17) is 4.74 Å². The van der Waals surface area contributed by atoms with Gasteiger partial charge in [-0.2, -0.15) is 30.4 Å². The predicted octanol–water partition coefficient (Wildman–Crippen LogP) is 7.57. The van der Waals surface area contributed by atoms with E-state index in [9.17, 15) is 48.6 Å². The van der Waals surface area contributed by atoms with Crippen molar-refractivity contribution in [2.45, 2.75) is 11.4 Å². The third-order valence-corrected chi connectivity index (χ3v) is 9.51. The van der Waals surface area contributed by atoms with Crippen LogP contribution in [0.1, 0.15) is 26.7 Å². The summed E-state index contributed by atoms with van der Waals surface area (Å²) in [6.07, 6.45) is 0.429. The summed E-state index contributed by atoms with van der Waals surface area (Å²) >= 11 is 8.90. The van der Waals surface area contributed by atoms with Crippen LogP contribution in [0.3, 0.4) is 0 Å². The fraction of sp³-hybridized carbons (Fsp3) is 0.156. The summed E-state index contributed by atoms with van der Waals surface area (Å²) < 4.78 is 112. The molecule has 296 valence electrons. The number of aromatic nitrogens is 6. The Morgan fingerprint density at radius 1 is 0.732 bits per heavy atom. The summed E-state index contributed by atoms with van der Waals surface area (Å²) in [4.78, 5) is 50.2. The summed E-state index contributed by atoms with van der Waals surface area (Å²) in [6, 6.07) is 14.5. The molecule has 2 aromatic carbocycles. The van der Waals surface area contributed by atoms with Crippen LogP contribution in [0.4, 0.5) is 25.8 Å². The lowest BCUT2D eigenvalue weighted by Crippen LogP contribution is -2.36. The van der Waals surface area contributed by atoms with Crippen molar-refractivity contribution in [3.05, 3.63) is 103 Å². The lowest BCUT2D eigenvalue weighted by molar-refractivity contribution is -0.157. The molecule has 0 bridgehead atoms. The normalized spacial score (nSPS) is 11.6. The molecule has 0 fully saturated rings. The standard InChI is InChI=1S/C15H9BrF3N3O2.C14H9BrIN3O2.C3H3F3O4S/c1-24-14(23)10-7-22-11(15(17,18)19)6-20-13(22)12(21-10)8-3-2-4-9(16)5-8;1-21-14(20)10-7-19-11(16)6-17-13(19)12(18-10)8-3-2-4-9(15)5-8;1-10-2(7)3(4,5)11(6,8)9/h2-7H,1H3;2-7H,1H3;1H3. The van der Waals surface area contributed by atoms with Crippen molar-refractivity contribution < 1.29 is 62.8 Å². The van der Waals surface area contributed by atoms with Gasteiger partial charge in [0.05, 0.1) is 33.7 Å². The first-order chi connectivity index (χ1) is 26.1. The van der Waals surface area contributed by atoms with Crippen LogP contribution in [0.15, 0.2) is 82.3 Å². The number of benzene rings is 2. The molecule has 0 aliphatic heterocycles. The molecular weight excluding hydrogens is 1030 g/mol. The topological polar surface area (TPSA) is 173 Å². The summed E-state index contributed by atoms with van der Waals surface area (Å²) in [5, 5.41) is -5.11. The lowest BCUT2D eigenvalue weighted by Gasteiger charge is -2.10.